The molecule has 4 heteroatoms. The van der Waals surface area contributed by atoms with Gasteiger partial charge in [0.25, 0.3) is 0 Å². The molecule has 1 aromatic rings. The van der Waals surface area contributed by atoms with Crippen molar-refractivity contribution in [1.29, 1.82) is 0 Å². The zero-order valence-electron chi connectivity index (χ0n) is 33.4. The molecule has 0 fully saturated rings. The Balaban J connectivity index is 0.000000480. The number of imidazole rings is 1. The number of hydrogen-bond donors (Lipinski definition) is 0. The van der Waals surface area contributed by atoms with Gasteiger partial charge in [0.1, 0.15) is 12.4 Å². The molecule has 0 aliphatic carbocycles. The van der Waals surface area contributed by atoms with Crippen LogP contribution in [0.1, 0.15) is 219 Å². The van der Waals surface area contributed by atoms with Crippen LogP contribution >= 0.6 is 0 Å². The van der Waals surface area contributed by atoms with Crippen molar-refractivity contribution in [1.82, 2.24) is 14.4 Å². The largest absolute Gasteiger partial charge is 0.362 e. The molecular formula is C44H87N4+. The fourth-order valence-electron chi connectivity index (χ4n) is 7.07. The molecule has 0 atom stereocenters. The quantitative estimate of drug-likeness (QED) is 0.0535. The summed E-state index contributed by atoms with van der Waals surface area (Å²) in [7, 11) is 4.23. The summed E-state index contributed by atoms with van der Waals surface area (Å²) in [5.74, 6) is 0. The summed E-state index contributed by atoms with van der Waals surface area (Å²) in [5.41, 5.74) is 0. The number of aromatic nitrogens is 2. The third kappa shape index (κ3) is 30.6. The molecule has 0 unspecified atom stereocenters. The van der Waals surface area contributed by atoms with Crippen molar-refractivity contribution in [2.75, 3.05) is 20.3 Å². The van der Waals surface area contributed by atoms with Crippen molar-refractivity contribution < 1.29 is 4.57 Å². The Bertz CT molecular complexity index is 787. The summed E-state index contributed by atoms with van der Waals surface area (Å²) in [6.07, 6.45) is 57.1. The van der Waals surface area contributed by atoms with Gasteiger partial charge in [-0.3, -0.25) is 0 Å². The van der Waals surface area contributed by atoms with Gasteiger partial charge < -0.3 is 9.80 Å². The van der Waals surface area contributed by atoms with Crippen molar-refractivity contribution in [2.45, 2.75) is 226 Å². The van der Waals surface area contributed by atoms with E-state index in [0.717, 1.165) is 6.67 Å². The van der Waals surface area contributed by atoms with Crippen molar-refractivity contribution >= 4 is 0 Å². The first-order valence-corrected chi connectivity index (χ1v) is 21.8. The van der Waals surface area contributed by atoms with Gasteiger partial charge in [0.15, 0.2) is 0 Å². The van der Waals surface area contributed by atoms with E-state index in [-0.39, 0.29) is 0 Å². The molecule has 0 saturated heterocycles. The van der Waals surface area contributed by atoms with Crippen molar-refractivity contribution in [2.24, 2.45) is 7.05 Å². The molecule has 1 aromatic heterocycles. The Kier molecular flexibility index (Phi) is 32.9. The monoisotopic (exact) mass is 672 g/mol. The minimum Gasteiger partial charge on any atom is -0.362 e. The molecule has 0 saturated carbocycles. The number of rotatable bonds is 34. The summed E-state index contributed by atoms with van der Waals surface area (Å²) in [6.45, 7) is 8.09. The molecule has 4 nitrogen and oxygen atoms in total. The van der Waals surface area contributed by atoms with Gasteiger partial charge in [0.05, 0.1) is 20.3 Å². The number of hydrogen-bond acceptors (Lipinski definition) is 2. The van der Waals surface area contributed by atoms with Gasteiger partial charge in [-0.05, 0) is 19.3 Å². The molecule has 1 aliphatic rings. The smallest absolute Gasteiger partial charge is 0.243 e. The molecule has 0 aromatic carbocycles. The SMILES string of the molecule is CCCCCCCCCCCCCCCCCCN1C=CN(C)C1.CCCCCCCCCCCCCCCCCCn1cc[n+](C)c1. The van der Waals surface area contributed by atoms with Crippen LogP contribution in [0.3, 0.4) is 0 Å². The molecule has 0 radical (unpaired) electrons. The lowest BCUT2D eigenvalue weighted by atomic mass is 10.0. The normalized spacial score (nSPS) is 12.7. The van der Waals surface area contributed by atoms with Gasteiger partial charge in [-0.15, -0.1) is 0 Å². The van der Waals surface area contributed by atoms with E-state index >= 15 is 0 Å². The highest BCUT2D eigenvalue weighted by molar-refractivity contribution is 4.88. The van der Waals surface area contributed by atoms with Crippen LogP contribution in [0.4, 0.5) is 0 Å². The van der Waals surface area contributed by atoms with Gasteiger partial charge in [0.2, 0.25) is 6.33 Å². The second-order valence-corrected chi connectivity index (χ2v) is 15.4. The van der Waals surface area contributed by atoms with E-state index in [4.69, 9.17) is 0 Å². The first kappa shape index (κ1) is 44.6. The highest BCUT2D eigenvalue weighted by Gasteiger charge is 2.07. The Morgan fingerprint density at radius 3 is 1.06 bits per heavy atom. The second-order valence-electron chi connectivity index (χ2n) is 15.4. The predicted octanol–water partition coefficient (Wildman–Crippen LogP) is 13.5. The first-order valence-electron chi connectivity index (χ1n) is 21.8. The van der Waals surface area contributed by atoms with Crippen LogP contribution in [0.5, 0.6) is 0 Å². The van der Waals surface area contributed by atoms with E-state index in [1.165, 1.54) is 219 Å². The molecular weight excluding hydrogens is 585 g/mol. The molecule has 282 valence electrons. The zero-order valence-corrected chi connectivity index (χ0v) is 33.4. The standard InChI is InChI=1S/C22H44N2.C22H43N2/c2*1-3-4-5-6-7-8-9-10-11-12-13-14-15-16-17-18-19-24-21-20-23(2)22-24/h20-21H,3-19,22H2,1-2H3;20-22H,3-19H2,1-2H3/q;+1. The molecule has 2 heterocycles. The maximum atomic E-state index is 2.42. The summed E-state index contributed by atoms with van der Waals surface area (Å²) in [4.78, 5) is 4.66. The van der Waals surface area contributed by atoms with Gasteiger partial charge in [-0.2, -0.15) is 0 Å². The van der Waals surface area contributed by atoms with Crippen molar-refractivity contribution in [3.05, 3.63) is 31.1 Å². The predicted molar refractivity (Wildman–Crippen MR) is 213 cm³/mol. The summed E-state index contributed by atoms with van der Waals surface area (Å²) in [5, 5.41) is 0. The summed E-state index contributed by atoms with van der Waals surface area (Å²) < 4.78 is 4.41. The minimum absolute atomic E-state index is 1.08. The fourth-order valence-corrected chi connectivity index (χ4v) is 7.07. The van der Waals surface area contributed by atoms with Gasteiger partial charge >= 0.3 is 0 Å². The van der Waals surface area contributed by atoms with Crippen LogP contribution < -0.4 is 4.57 Å². The van der Waals surface area contributed by atoms with Crippen LogP contribution in [0.2, 0.25) is 0 Å². The molecule has 2 rings (SSSR count). The average Bonchev–Trinajstić information content (AvgIpc) is 3.71. The van der Waals surface area contributed by atoms with E-state index < -0.39 is 0 Å². The fraction of sp³-hybridized carbons (Fsp3) is 0.886. The number of unbranched alkanes of at least 4 members (excludes halogenated alkanes) is 30. The summed E-state index contributed by atoms with van der Waals surface area (Å²) >= 11 is 0. The molecule has 0 bridgehead atoms. The third-order valence-electron chi connectivity index (χ3n) is 10.3. The number of aryl methyl sites for hydroxylation is 2. The molecule has 48 heavy (non-hydrogen) atoms. The van der Waals surface area contributed by atoms with E-state index in [1.807, 2.05) is 0 Å². The maximum absolute atomic E-state index is 2.42. The third-order valence-corrected chi connectivity index (χ3v) is 10.3. The van der Waals surface area contributed by atoms with Crippen LogP contribution in [0, 0.1) is 0 Å². The van der Waals surface area contributed by atoms with Crippen LogP contribution in [-0.4, -0.2) is 34.6 Å². The highest BCUT2D eigenvalue weighted by Crippen LogP contribution is 2.16. The van der Waals surface area contributed by atoms with Gasteiger partial charge in [0, 0.05) is 26.0 Å². The second kappa shape index (κ2) is 35.4. The van der Waals surface area contributed by atoms with E-state index in [0.29, 0.717) is 0 Å². The van der Waals surface area contributed by atoms with Crippen molar-refractivity contribution in [3.8, 4) is 0 Å². The lowest BCUT2D eigenvalue weighted by molar-refractivity contribution is -0.671. The van der Waals surface area contributed by atoms with Crippen molar-refractivity contribution in [3.63, 3.8) is 0 Å². The van der Waals surface area contributed by atoms with Crippen LogP contribution in [0.15, 0.2) is 31.1 Å². The molecule has 0 N–H and O–H groups in total. The Labute approximate surface area is 302 Å². The minimum atomic E-state index is 1.08. The lowest BCUT2D eigenvalue weighted by Crippen LogP contribution is -2.23. The first-order chi connectivity index (χ1) is 23.7. The average molecular weight is 672 g/mol. The highest BCUT2D eigenvalue weighted by atomic mass is 15.3. The Hall–Kier alpha value is -1.45. The van der Waals surface area contributed by atoms with E-state index in [1.54, 1.807) is 0 Å². The van der Waals surface area contributed by atoms with Crippen LogP contribution in [0.25, 0.3) is 0 Å². The number of nitrogens with zero attached hydrogens (tertiary/aromatic N) is 4. The maximum Gasteiger partial charge on any atom is 0.243 e. The lowest BCUT2D eigenvalue weighted by Gasteiger charge is -2.17. The molecule has 0 spiro atoms. The molecule has 1 aliphatic heterocycles. The Morgan fingerprint density at radius 1 is 0.438 bits per heavy atom. The van der Waals surface area contributed by atoms with E-state index in [2.05, 4.69) is 78.0 Å². The Morgan fingerprint density at radius 2 is 0.771 bits per heavy atom. The van der Waals surface area contributed by atoms with E-state index in [9.17, 15) is 0 Å². The summed E-state index contributed by atoms with van der Waals surface area (Å²) in [6, 6.07) is 0. The van der Waals surface area contributed by atoms with Gasteiger partial charge in [-0.1, -0.05) is 200 Å². The topological polar surface area (TPSA) is 15.3 Å². The van der Waals surface area contributed by atoms with Gasteiger partial charge in [-0.25, -0.2) is 9.13 Å². The van der Waals surface area contributed by atoms with Crippen LogP contribution in [-0.2, 0) is 13.6 Å². The molecule has 0 amide bonds. The zero-order chi connectivity index (χ0) is 34.6.